The number of carbonyl (C=O) groups is 3. The van der Waals surface area contributed by atoms with Gasteiger partial charge in [-0.05, 0) is 83.5 Å². The van der Waals surface area contributed by atoms with Crippen molar-refractivity contribution < 1.29 is 28.6 Å². The third kappa shape index (κ3) is 57.3. The first-order valence-corrected chi connectivity index (χ1v) is 28.5. The highest BCUT2D eigenvalue weighted by Crippen LogP contribution is 2.14. The standard InChI is InChI=1S/C67H100O6/c1-4-7-10-13-16-19-22-25-28-31-33-36-39-42-45-48-51-54-57-60-66(69)72-63-64(62-71-65(68)59-56-53-50-47-44-41-38-35-30-27-24-21-18-15-12-9-6-3)73-67(70)61-58-55-52-49-46-43-40-37-34-32-29-26-23-20-17-14-11-8-5-2/h7,9-10,12-13,15-28,30-31,33,35-36,38-39,41-42,44-45,64H,4-6,8,11,14,29,32,34,37,40,43,46-63H2,1-3H3/b10-7-,12-9-,16-13-,18-15-,20-17-,22-19-,24-21-,26-23-,28-25-,30-27-,33-31+,38-35+,39-36-,44-41-,45-42-. The molecule has 0 aliphatic heterocycles. The fraction of sp³-hybridized carbons (Fsp3) is 0.507. The van der Waals surface area contributed by atoms with Gasteiger partial charge < -0.3 is 14.2 Å². The van der Waals surface area contributed by atoms with Crippen LogP contribution in [0.5, 0.6) is 0 Å². The molecule has 0 aliphatic carbocycles. The SMILES string of the molecule is CC\C=C/C=C\C=C/C=C\C=C\C=C/C=C\CCCCCC(=O)OCC(COC(=O)CCCCC\C=C/C=C/C=C\C=C/C=C\C=C/CC)OC(=O)CCCCCCCCCCCC/C=C\C=C/CCCCC. The molecule has 0 radical (unpaired) electrons. The van der Waals surface area contributed by atoms with Crippen LogP contribution in [0.2, 0.25) is 0 Å². The van der Waals surface area contributed by atoms with E-state index in [2.05, 4.69) is 69.4 Å². The van der Waals surface area contributed by atoms with Crippen molar-refractivity contribution in [3.8, 4) is 0 Å². The predicted octanol–water partition coefficient (Wildman–Crippen LogP) is 19.3. The first-order chi connectivity index (χ1) is 36.0. The maximum Gasteiger partial charge on any atom is 0.306 e. The molecule has 0 amide bonds. The lowest BCUT2D eigenvalue weighted by Crippen LogP contribution is -2.30. The molecule has 1 atom stereocenters. The minimum absolute atomic E-state index is 0.128. The summed E-state index contributed by atoms with van der Waals surface area (Å²) in [6, 6.07) is 0. The Labute approximate surface area is 446 Å². The molecule has 6 heteroatoms. The number of carbonyl (C=O) groups excluding carboxylic acids is 3. The summed E-state index contributed by atoms with van der Waals surface area (Å²) in [5.74, 6) is -1.03. The molecule has 0 aromatic carbocycles. The number of rotatable bonds is 48. The van der Waals surface area contributed by atoms with Crippen LogP contribution in [0.1, 0.15) is 201 Å². The van der Waals surface area contributed by atoms with Crippen LogP contribution in [-0.4, -0.2) is 37.2 Å². The molecule has 73 heavy (non-hydrogen) atoms. The van der Waals surface area contributed by atoms with Crippen molar-refractivity contribution in [2.24, 2.45) is 0 Å². The van der Waals surface area contributed by atoms with E-state index in [1.54, 1.807) is 0 Å². The van der Waals surface area contributed by atoms with Crippen LogP contribution in [0.25, 0.3) is 0 Å². The second kappa shape index (κ2) is 59.1. The van der Waals surface area contributed by atoms with Gasteiger partial charge >= 0.3 is 17.9 Å². The average Bonchev–Trinajstić information content (AvgIpc) is 3.39. The van der Waals surface area contributed by atoms with Crippen molar-refractivity contribution in [1.82, 2.24) is 0 Å². The topological polar surface area (TPSA) is 78.9 Å². The molecule has 0 aromatic rings. The van der Waals surface area contributed by atoms with Gasteiger partial charge in [0.1, 0.15) is 13.2 Å². The van der Waals surface area contributed by atoms with Crippen molar-refractivity contribution in [2.75, 3.05) is 13.2 Å². The van der Waals surface area contributed by atoms with E-state index in [1.807, 2.05) is 134 Å². The van der Waals surface area contributed by atoms with Crippen molar-refractivity contribution >= 4 is 17.9 Å². The van der Waals surface area contributed by atoms with Gasteiger partial charge in [-0.2, -0.15) is 0 Å². The fourth-order valence-electron chi connectivity index (χ4n) is 7.03. The van der Waals surface area contributed by atoms with Gasteiger partial charge in [0, 0.05) is 19.3 Å². The molecule has 0 bridgehead atoms. The Balaban J connectivity index is 4.62. The Morgan fingerprint density at radius 1 is 0.288 bits per heavy atom. The van der Waals surface area contributed by atoms with E-state index in [9.17, 15) is 14.4 Å². The summed E-state index contributed by atoms with van der Waals surface area (Å²) >= 11 is 0. The Hall–Kier alpha value is -5.49. The quantitative estimate of drug-likeness (QED) is 0.0262. The van der Waals surface area contributed by atoms with Gasteiger partial charge in [0.2, 0.25) is 0 Å². The molecular weight excluding hydrogens is 901 g/mol. The first-order valence-electron chi connectivity index (χ1n) is 28.5. The molecule has 6 nitrogen and oxygen atoms in total. The summed E-state index contributed by atoms with van der Waals surface area (Å²) < 4.78 is 16.8. The van der Waals surface area contributed by atoms with E-state index in [1.165, 1.54) is 70.6 Å². The molecule has 0 spiro atoms. The molecule has 0 aromatic heterocycles. The highest BCUT2D eigenvalue weighted by molar-refractivity contribution is 5.71. The normalized spacial score (nSPS) is 13.5. The Morgan fingerprint density at radius 2 is 0.534 bits per heavy atom. The third-order valence-corrected chi connectivity index (χ3v) is 11.3. The number of hydrogen-bond donors (Lipinski definition) is 0. The Kier molecular flexibility index (Phi) is 54.6. The molecule has 0 saturated heterocycles. The maximum atomic E-state index is 12.9. The van der Waals surface area contributed by atoms with E-state index in [4.69, 9.17) is 14.2 Å². The molecule has 0 fully saturated rings. The maximum absolute atomic E-state index is 12.9. The molecule has 1 unspecified atom stereocenters. The van der Waals surface area contributed by atoms with E-state index in [-0.39, 0.29) is 44.0 Å². The predicted molar refractivity (Wildman–Crippen MR) is 315 cm³/mol. The second-order valence-corrected chi connectivity index (χ2v) is 18.1. The van der Waals surface area contributed by atoms with Crippen LogP contribution in [0.3, 0.4) is 0 Å². The number of hydrogen-bond acceptors (Lipinski definition) is 6. The van der Waals surface area contributed by atoms with Crippen molar-refractivity contribution in [3.05, 3.63) is 182 Å². The summed E-state index contributed by atoms with van der Waals surface area (Å²) in [5.41, 5.74) is 0. The number of allylic oxidation sites excluding steroid dienone is 30. The molecule has 0 N–H and O–H groups in total. The van der Waals surface area contributed by atoms with Gasteiger partial charge in [0.05, 0.1) is 0 Å². The van der Waals surface area contributed by atoms with Crippen molar-refractivity contribution in [3.63, 3.8) is 0 Å². The monoisotopic (exact) mass is 1000 g/mol. The molecule has 0 aliphatic rings. The van der Waals surface area contributed by atoms with Gasteiger partial charge in [-0.1, -0.05) is 280 Å². The van der Waals surface area contributed by atoms with E-state index < -0.39 is 6.10 Å². The Bertz CT molecular complexity index is 1770. The van der Waals surface area contributed by atoms with Crippen molar-refractivity contribution in [1.29, 1.82) is 0 Å². The number of esters is 3. The zero-order valence-corrected chi connectivity index (χ0v) is 46.1. The molecule has 404 valence electrons. The summed E-state index contributed by atoms with van der Waals surface area (Å²) in [6.07, 6.45) is 88.7. The van der Waals surface area contributed by atoms with Crippen molar-refractivity contribution in [2.45, 2.75) is 207 Å². The van der Waals surface area contributed by atoms with Crippen LogP contribution in [0.4, 0.5) is 0 Å². The summed E-state index contributed by atoms with van der Waals surface area (Å²) in [6.45, 7) is 6.22. The number of unbranched alkanes of at least 4 members (excludes halogenated alkanes) is 19. The van der Waals surface area contributed by atoms with E-state index in [0.29, 0.717) is 19.3 Å². The van der Waals surface area contributed by atoms with Crippen LogP contribution < -0.4 is 0 Å². The van der Waals surface area contributed by atoms with Gasteiger partial charge in [0.15, 0.2) is 6.10 Å². The first kappa shape index (κ1) is 67.5. The largest absolute Gasteiger partial charge is 0.462 e. The van der Waals surface area contributed by atoms with Crippen LogP contribution in [0.15, 0.2) is 182 Å². The highest BCUT2D eigenvalue weighted by Gasteiger charge is 2.19. The summed E-state index contributed by atoms with van der Waals surface area (Å²) in [5, 5.41) is 0. The lowest BCUT2D eigenvalue weighted by atomic mass is 10.1. The van der Waals surface area contributed by atoms with Crippen LogP contribution in [0, 0.1) is 0 Å². The zero-order valence-electron chi connectivity index (χ0n) is 46.1. The third-order valence-electron chi connectivity index (χ3n) is 11.3. The summed E-state index contributed by atoms with van der Waals surface area (Å²) in [7, 11) is 0. The molecule has 0 rings (SSSR count). The van der Waals surface area contributed by atoms with Crippen LogP contribution >= 0.6 is 0 Å². The van der Waals surface area contributed by atoms with Gasteiger partial charge in [-0.25, -0.2) is 0 Å². The molecular formula is C67H100O6. The molecule has 0 saturated carbocycles. The van der Waals surface area contributed by atoms with Gasteiger partial charge in [-0.3, -0.25) is 14.4 Å². The second-order valence-electron chi connectivity index (χ2n) is 18.1. The van der Waals surface area contributed by atoms with Gasteiger partial charge in [0.25, 0.3) is 0 Å². The number of ether oxygens (including phenoxy) is 3. The lowest BCUT2D eigenvalue weighted by Gasteiger charge is -2.18. The minimum Gasteiger partial charge on any atom is -0.462 e. The zero-order chi connectivity index (χ0) is 52.9. The van der Waals surface area contributed by atoms with Crippen LogP contribution in [-0.2, 0) is 28.6 Å². The average molecular weight is 1000 g/mol. The summed E-state index contributed by atoms with van der Waals surface area (Å²) in [4.78, 5) is 38.2. The fourth-order valence-corrected chi connectivity index (χ4v) is 7.03. The highest BCUT2D eigenvalue weighted by atomic mass is 16.6. The minimum atomic E-state index is -0.830. The van der Waals surface area contributed by atoms with E-state index >= 15 is 0 Å². The molecule has 0 heterocycles. The smallest absolute Gasteiger partial charge is 0.306 e. The lowest BCUT2D eigenvalue weighted by molar-refractivity contribution is -0.167. The van der Waals surface area contributed by atoms with Gasteiger partial charge in [-0.15, -0.1) is 0 Å². The van der Waals surface area contributed by atoms with E-state index in [0.717, 1.165) is 77.0 Å². The Morgan fingerprint density at radius 3 is 0.863 bits per heavy atom.